The molecule has 0 heterocycles. The molecule has 0 fully saturated rings. The van der Waals surface area contributed by atoms with Crippen molar-refractivity contribution < 1.29 is 13.2 Å². The Morgan fingerprint density at radius 1 is 1.00 bits per heavy atom. The van der Waals surface area contributed by atoms with Gasteiger partial charge in [0.25, 0.3) is 0 Å². The monoisotopic (exact) mass is 588 g/mol. The number of hydrogen-bond donors (Lipinski definition) is 1. The number of amides is 1. The fourth-order valence-electron chi connectivity index (χ4n) is 2.82. The summed E-state index contributed by atoms with van der Waals surface area (Å²) in [5.74, 6) is -0.456. The molecule has 0 atom stereocenters. The highest BCUT2D eigenvalue weighted by Crippen LogP contribution is 2.25. The van der Waals surface area contributed by atoms with Crippen LogP contribution >= 0.6 is 45.8 Å². The first-order chi connectivity index (χ1) is 14.6. The van der Waals surface area contributed by atoms with Crippen LogP contribution in [0.4, 0.5) is 5.69 Å². The van der Waals surface area contributed by atoms with Gasteiger partial charge in [-0.2, -0.15) is 4.31 Å². The zero-order valence-corrected chi connectivity index (χ0v) is 21.0. The lowest BCUT2D eigenvalue weighted by atomic mass is 10.2. The molecule has 0 unspecified atom stereocenters. The third-order valence-corrected chi connectivity index (χ3v) is 7.58. The van der Waals surface area contributed by atoms with Gasteiger partial charge in [-0.1, -0.05) is 47.0 Å². The molecule has 0 aliphatic rings. The second-order valence-electron chi connectivity index (χ2n) is 6.88. The van der Waals surface area contributed by atoms with Crippen molar-refractivity contribution in [3.05, 3.63) is 91.5 Å². The minimum atomic E-state index is -3.96. The molecule has 0 bridgehead atoms. The van der Waals surface area contributed by atoms with Crippen LogP contribution in [0, 0.1) is 10.5 Å². The second kappa shape index (κ2) is 10.3. The highest BCUT2D eigenvalue weighted by molar-refractivity contribution is 14.1. The molecule has 0 aromatic heterocycles. The first kappa shape index (κ1) is 24.0. The standard InChI is InChI=1S/C22H19Cl2IN2O3S/c1-15-2-10-20(11-3-15)31(29,30)27(13-16-4-5-17(23)12-21(16)24)14-22(28)26-19-8-6-18(25)7-9-19/h2-12H,13-14H2,1H3,(H,26,28). The maximum Gasteiger partial charge on any atom is 0.243 e. The summed E-state index contributed by atoms with van der Waals surface area (Å²) in [5.41, 5.74) is 2.06. The highest BCUT2D eigenvalue weighted by Gasteiger charge is 2.27. The molecule has 0 spiro atoms. The van der Waals surface area contributed by atoms with Gasteiger partial charge in [-0.05, 0) is 83.6 Å². The Hall–Kier alpha value is -1.65. The summed E-state index contributed by atoms with van der Waals surface area (Å²) < 4.78 is 28.8. The van der Waals surface area contributed by atoms with E-state index in [1.807, 2.05) is 19.1 Å². The van der Waals surface area contributed by atoms with Crippen LogP contribution in [0.1, 0.15) is 11.1 Å². The third-order valence-electron chi connectivity index (χ3n) is 4.47. The maximum absolute atomic E-state index is 13.3. The van der Waals surface area contributed by atoms with Crippen LogP contribution in [0.15, 0.2) is 71.6 Å². The summed E-state index contributed by atoms with van der Waals surface area (Å²) >= 11 is 14.4. The van der Waals surface area contributed by atoms with E-state index in [2.05, 4.69) is 27.9 Å². The lowest BCUT2D eigenvalue weighted by Crippen LogP contribution is -2.37. The average Bonchev–Trinajstić information content (AvgIpc) is 2.71. The van der Waals surface area contributed by atoms with Gasteiger partial charge in [0, 0.05) is 25.8 Å². The predicted octanol–water partition coefficient (Wildman–Crippen LogP) is 5.74. The number of nitrogens with one attached hydrogen (secondary N) is 1. The zero-order valence-electron chi connectivity index (χ0n) is 16.5. The van der Waals surface area contributed by atoms with Gasteiger partial charge in [0.2, 0.25) is 15.9 Å². The minimum absolute atomic E-state index is 0.0771. The van der Waals surface area contributed by atoms with Gasteiger partial charge in [0.15, 0.2) is 0 Å². The van der Waals surface area contributed by atoms with Gasteiger partial charge in [0.1, 0.15) is 0 Å². The lowest BCUT2D eigenvalue weighted by Gasteiger charge is -2.22. The van der Waals surface area contributed by atoms with Crippen molar-refractivity contribution >= 4 is 67.4 Å². The topological polar surface area (TPSA) is 66.5 Å². The normalized spacial score (nSPS) is 11.5. The minimum Gasteiger partial charge on any atom is -0.325 e. The molecular weight excluding hydrogens is 570 g/mol. The van der Waals surface area contributed by atoms with Crippen LogP contribution in [0.3, 0.4) is 0 Å². The zero-order chi connectivity index (χ0) is 22.6. The molecule has 9 heteroatoms. The molecule has 3 rings (SSSR count). The number of rotatable bonds is 7. The van der Waals surface area contributed by atoms with Gasteiger partial charge in [0.05, 0.1) is 11.4 Å². The first-order valence-corrected chi connectivity index (χ1v) is 12.5. The van der Waals surface area contributed by atoms with Crippen molar-refractivity contribution in [2.75, 3.05) is 11.9 Å². The average molecular weight is 589 g/mol. The second-order valence-corrected chi connectivity index (χ2v) is 10.9. The van der Waals surface area contributed by atoms with E-state index in [1.54, 1.807) is 42.5 Å². The maximum atomic E-state index is 13.3. The molecule has 3 aromatic carbocycles. The number of benzene rings is 3. The number of nitrogens with zero attached hydrogens (tertiary/aromatic N) is 1. The molecule has 0 saturated heterocycles. The fourth-order valence-corrected chi connectivity index (χ4v) is 5.02. The molecule has 0 radical (unpaired) electrons. The van der Waals surface area contributed by atoms with E-state index < -0.39 is 15.9 Å². The largest absolute Gasteiger partial charge is 0.325 e. The van der Waals surface area contributed by atoms with Gasteiger partial charge < -0.3 is 5.32 Å². The van der Waals surface area contributed by atoms with Crippen LogP contribution in [0.5, 0.6) is 0 Å². The number of anilines is 1. The molecule has 1 N–H and O–H groups in total. The van der Waals surface area contributed by atoms with Gasteiger partial charge >= 0.3 is 0 Å². The van der Waals surface area contributed by atoms with Crippen LogP contribution < -0.4 is 5.32 Å². The van der Waals surface area contributed by atoms with E-state index in [0.29, 0.717) is 21.3 Å². The highest BCUT2D eigenvalue weighted by atomic mass is 127. The number of carbonyl (C=O) groups is 1. The number of aryl methyl sites for hydroxylation is 1. The number of carbonyl (C=O) groups excluding carboxylic acids is 1. The fraction of sp³-hybridized carbons (Fsp3) is 0.136. The summed E-state index contributed by atoms with van der Waals surface area (Å²) in [6, 6.07) is 18.5. The molecular formula is C22H19Cl2IN2O3S. The third kappa shape index (κ3) is 6.43. The van der Waals surface area contributed by atoms with Crippen molar-refractivity contribution in [1.29, 1.82) is 0 Å². The van der Waals surface area contributed by atoms with E-state index in [4.69, 9.17) is 23.2 Å². The number of hydrogen-bond acceptors (Lipinski definition) is 3. The van der Waals surface area contributed by atoms with Crippen molar-refractivity contribution in [3.8, 4) is 0 Å². The van der Waals surface area contributed by atoms with Crippen LogP contribution in [-0.4, -0.2) is 25.2 Å². The van der Waals surface area contributed by atoms with E-state index in [9.17, 15) is 13.2 Å². The van der Waals surface area contributed by atoms with E-state index in [1.165, 1.54) is 12.1 Å². The van der Waals surface area contributed by atoms with Crippen molar-refractivity contribution in [2.24, 2.45) is 0 Å². The Morgan fingerprint density at radius 2 is 1.65 bits per heavy atom. The molecule has 5 nitrogen and oxygen atoms in total. The Labute approximate surface area is 205 Å². The summed E-state index contributed by atoms with van der Waals surface area (Å²) in [6.45, 7) is 1.42. The van der Waals surface area contributed by atoms with Crippen molar-refractivity contribution in [1.82, 2.24) is 4.31 Å². The SMILES string of the molecule is Cc1ccc(S(=O)(=O)N(CC(=O)Nc2ccc(I)cc2)Cc2ccc(Cl)cc2Cl)cc1. The predicted molar refractivity (Wildman–Crippen MR) is 133 cm³/mol. The van der Waals surface area contributed by atoms with E-state index in [0.717, 1.165) is 13.4 Å². The summed E-state index contributed by atoms with van der Waals surface area (Å²) in [6.07, 6.45) is 0. The molecule has 1 amide bonds. The van der Waals surface area contributed by atoms with E-state index in [-0.39, 0.29) is 18.0 Å². The van der Waals surface area contributed by atoms with Crippen molar-refractivity contribution in [2.45, 2.75) is 18.4 Å². The Morgan fingerprint density at radius 3 is 2.26 bits per heavy atom. The van der Waals surface area contributed by atoms with E-state index >= 15 is 0 Å². The van der Waals surface area contributed by atoms with Crippen LogP contribution in [0.2, 0.25) is 10.0 Å². The lowest BCUT2D eigenvalue weighted by molar-refractivity contribution is -0.116. The molecule has 31 heavy (non-hydrogen) atoms. The van der Waals surface area contributed by atoms with Crippen molar-refractivity contribution in [3.63, 3.8) is 0 Å². The van der Waals surface area contributed by atoms with Gasteiger partial charge in [-0.25, -0.2) is 8.42 Å². The molecule has 162 valence electrons. The first-order valence-electron chi connectivity index (χ1n) is 9.21. The van der Waals surface area contributed by atoms with Gasteiger partial charge in [-0.15, -0.1) is 0 Å². The van der Waals surface area contributed by atoms with Crippen LogP contribution in [0.25, 0.3) is 0 Å². The quantitative estimate of drug-likeness (QED) is 0.358. The summed E-state index contributed by atoms with van der Waals surface area (Å²) in [7, 11) is -3.96. The Kier molecular flexibility index (Phi) is 7.98. The van der Waals surface area contributed by atoms with Crippen LogP contribution in [-0.2, 0) is 21.4 Å². The Bertz CT molecular complexity index is 1180. The molecule has 0 aliphatic heterocycles. The smallest absolute Gasteiger partial charge is 0.243 e. The summed E-state index contributed by atoms with van der Waals surface area (Å²) in [4.78, 5) is 12.8. The Balaban J connectivity index is 1.90. The molecule has 0 saturated carbocycles. The number of sulfonamides is 1. The number of halogens is 3. The molecule has 0 aliphatic carbocycles. The molecule has 3 aromatic rings. The van der Waals surface area contributed by atoms with Gasteiger partial charge in [-0.3, -0.25) is 4.79 Å². The summed E-state index contributed by atoms with van der Waals surface area (Å²) in [5, 5.41) is 3.51.